The van der Waals surface area contributed by atoms with Gasteiger partial charge in [-0.3, -0.25) is 0 Å². The number of rotatable bonds is 0. The lowest BCUT2D eigenvalue weighted by Crippen LogP contribution is -2.71. The summed E-state index contributed by atoms with van der Waals surface area (Å²) in [5.41, 5.74) is 16.5. The Balaban J connectivity index is 2.70. The zero-order valence-corrected chi connectivity index (χ0v) is 6.56. The van der Waals surface area contributed by atoms with Crippen LogP contribution in [0.15, 0.2) is 0 Å². The Morgan fingerprint density at radius 2 is 1.50 bits per heavy atom. The molecule has 0 amide bonds. The molecule has 0 heterocycles. The van der Waals surface area contributed by atoms with Gasteiger partial charge in [0.15, 0.2) is 0 Å². The minimum atomic E-state index is -0.648. The normalized spacial score (nSPS) is 39.6. The van der Waals surface area contributed by atoms with Crippen LogP contribution >= 0.6 is 0 Å². The minimum absolute atomic E-state index is 0.370. The van der Waals surface area contributed by atoms with E-state index in [1.165, 1.54) is 0 Å². The van der Waals surface area contributed by atoms with Gasteiger partial charge in [-0.2, -0.15) is 0 Å². The van der Waals surface area contributed by atoms with Gasteiger partial charge in [0.25, 0.3) is 0 Å². The third-order valence-corrected chi connectivity index (χ3v) is 2.60. The molecule has 1 saturated carbocycles. The van der Waals surface area contributed by atoms with Crippen molar-refractivity contribution in [1.29, 1.82) is 0 Å². The van der Waals surface area contributed by atoms with Crippen LogP contribution in [0.4, 0.5) is 0 Å². The Labute approximate surface area is 61.9 Å². The molecule has 0 radical (unpaired) electrons. The average molecular weight is 143 g/mol. The minimum Gasteiger partial charge on any atom is -0.323 e. The summed E-state index contributed by atoms with van der Waals surface area (Å²) in [6.07, 6.45) is 4.06. The number of hydrogen-bond donors (Lipinski definition) is 3. The Bertz CT molecular complexity index is 113. The van der Waals surface area contributed by atoms with Gasteiger partial charge in [-0.1, -0.05) is 12.8 Å². The fourth-order valence-electron chi connectivity index (χ4n) is 1.43. The van der Waals surface area contributed by atoms with Crippen LogP contribution in [0.3, 0.4) is 0 Å². The highest BCUT2D eigenvalue weighted by molar-refractivity contribution is 5.02. The first kappa shape index (κ1) is 7.98. The van der Waals surface area contributed by atoms with E-state index in [1.54, 1.807) is 0 Å². The lowest BCUT2D eigenvalue weighted by molar-refractivity contribution is 0.170. The van der Waals surface area contributed by atoms with E-state index in [-0.39, 0.29) is 5.54 Å². The highest BCUT2D eigenvalue weighted by atomic mass is 15.1. The highest BCUT2D eigenvalue weighted by Crippen LogP contribution is 2.29. The Morgan fingerprint density at radius 1 is 1.00 bits per heavy atom. The molecular formula is C7H17N3. The number of nitrogens with two attached hydrogens (primary N) is 3. The van der Waals surface area contributed by atoms with Crippen molar-refractivity contribution in [3.05, 3.63) is 0 Å². The molecule has 1 atom stereocenters. The second-order valence-corrected chi connectivity index (χ2v) is 3.66. The molecule has 0 spiro atoms. The Hall–Kier alpha value is -0.120. The summed E-state index contributed by atoms with van der Waals surface area (Å²) >= 11 is 0. The first-order valence-corrected chi connectivity index (χ1v) is 3.82. The highest BCUT2D eigenvalue weighted by Gasteiger charge is 2.40. The molecule has 1 aliphatic rings. The van der Waals surface area contributed by atoms with Gasteiger partial charge in [-0.25, -0.2) is 0 Å². The Morgan fingerprint density at radius 3 is 1.80 bits per heavy atom. The summed E-state index contributed by atoms with van der Waals surface area (Å²) in [7, 11) is 0. The van der Waals surface area contributed by atoms with Crippen LogP contribution in [-0.2, 0) is 0 Å². The molecule has 1 unspecified atom stereocenters. The molecule has 1 fully saturated rings. The summed E-state index contributed by atoms with van der Waals surface area (Å²) in [5, 5.41) is 0. The summed E-state index contributed by atoms with van der Waals surface area (Å²) in [6, 6.07) is 0. The average Bonchev–Trinajstić information content (AvgIpc) is 1.77. The molecule has 0 aromatic rings. The molecule has 1 aliphatic carbocycles. The van der Waals surface area contributed by atoms with E-state index in [4.69, 9.17) is 17.2 Å². The number of hydrogen-bond acceptors (Lipinski definition) is 3. The van der Waals surface area contributed by atoms with Gasteiger partial charge in [-0.15, -0.1) is 0 Å². The standard InChI is InChI=1S/C7H17N3/c1-6(8)4-2-3-5-7(6,9)10/h2-5,8-10H2,1H3. The fraction of sp³-hybridized carbons (Fsp3) is 1.00. The fourth-order valence-corrected chi connectivity index (χ4v) is 1.43. The topological polar surface area (TPSA) is 78.1 Å². The van der Waals surface area contributed by atoms with E-state index in [9.17, 15) is 0 Å². The monoisotopic (exact) mass is 143 g/mol. The maximum atomic E-state index is 5.91. The first-order chi connectivity index (χ1) is 4.46. The van der Waals surface area contributed by atoms with E-state index in [0.29, 0.717) is 0 Å². The van der Waals surface area contributed by atoms with Crippen LogP contribution in [0.2, 0.25) is 0 Å². The van der Waals surface area contributed by atoms with Crippen molar-refractivity contribution in [2.45, 2.75) is 43.8 Å². The van der Waals surface area contributed by atoms with Crippen molar-refractivity contribution in [3.63, 3.8) is 0 Å². The maximum absolute atomic E-state index is 5.91. The molecule has 60 valence electrons. The largest absolute Gasteiger partial charge is 0.323 e. The second kappa shape index (κ2) is 2.19. The molecule has 3 heteroatoms. The van der Waals surface area contributed by atoms with Gasteiger partial charge in [0.1, 0.15) is 0 Å². The van der Waals surface area contributed by atoms with E-state index < -0.39 is 5.66 Å². The van der Waals surface area contributed by atoms with Gasteiger partial charge in [0.2, 0.25) is 0 Å². The third kappa shape index (κ3) is 1.17. The van der Waals surface area contributed by atoms with Crippen molar-refractivity contribution < 1.29 is 0 Å². The van der Waals surface area contributed by atoms with E-state index >= 15 is 0 Å². The van der Waals surface area contributed by atoms with Crippen LogP contribution < -0.4 is 17.2 Å². The zero-order chi connectivity index (χ0) is 7.83. The molecule has 0 aliphatic heterocycles. The zero-order valence-electron chi connectivity index (χ0n) is 6.56. The molecule has 10 heavy (non-hydrogen) atoms. The van der Waals surface area contributed by atoms with Gasteiger partial charge in [0.05, 0.1) is 5.66 Å². The maximum Gasteiger partial charge on any atom is 0.0818 e. The molecule has 6 N–H and O–H groups in total. The molecule has 0 saturated heterocycles. The van der Waals surface area contributed by atoms with Crippen LogP contribution in [0.1, 0.15) is 32.6 Å². The first-order valence-electron chi connectivity index (χ1n) is 3.82. The summed E-state index contributed by atoms with van der Waals surface area (Å²) in [6.45, 7) is 1.94. The second-order valence-electron chi connectivity index (χ2n) is 3.66. The van der Waals surface area contributed by atoms with E-state index in [2.05, 4.69) is 0 Å². The molecule has 1 rings (SSSR count). The lowest BCUT2D eigenvalue weighted by Gasteiger charge is -2.44. The van der Waals surface area contributed by atoms with Crippen molar-refractivity contribution in [1.82, 2.24) is 0 Å². The van der Waals surface area contributed by atoms with Crippen LogP contribution in [0, 0.1) is 0 Å². The summed E-state index contributed by atoms with van der Waals surface area (Å²) < 4.78 is 0. The Kier molecular flexibility index (Phi) is 1.75. The van der Waals surface area contributed by atoms with Gasteiger partial charge >= 0.3 is 0 Å². The smallest absolute Gasteiger partial charge is 0.0818 e. The van der Waals surface area contributed by atoms with Crippen LogP contribution in [-0.4, -0.2) is 11.2 Å². The van der Waals surface area contributed by atoms with Crippen molar-refractivity contribution in [2.75, 3.05) is 0 Å². The van der Waals surface area contributed by atoms with Crippen molar-refractivity contribution in [2.24, 2.45) is 17.2 Å². The molecular weight excluding hydrogens is 126 g/mol. The molecule has 0 aromatic heterocycles. The quantitative estimate of drug-likeness (QED) is 0.414. The summed E-state index contributed by atoms with van der Waals surface area (Å²) in [5.74, 6) is 0. The lowest BCUT2D eigenvalue weighted by atomic mass is 9.75. The molecule has 3 nitrogen and oxygen atoms in total. The predicted molar refractivity (Wildman–Crippen MR) is 42.2 cm³/mol. The van der Waals surface area contributed by atoms with Crippen LogP contribution in [0.25, 0.3) is 0 Å². The van der Waals surface area contributed by atoms with E-state index in [1.807, 2.05) is 6.92 Å². The molecule has 0 aromatic carbocycles. The summed E-state index contributed by atoms with van der Waals surface area (Å²) in [4.78, 5) is 0. The molecule has 0 bridgehead atoms. The predicted octanol–water partition coefficient (Wildman–Crippen LogP) is -0.108. The van der Waals surface area contributed by atoms with Gasteiger partial charge in [-0.05, 0) is 19.8 Å². The van der Waals surface area contributed by atoms with Gasteiger partial charge < -0.3 is 17.2 Å². The van der Waals surface area contributed by atoms with Crippen molar-refractivity contribution in [3.8, 4) is 0 Å². The van der Waals surface area contributed by atoms with Crippen molar-refractivity contribution >= 4 is 0 Å². The van der Waals surface area contributed by atoms with Gasteiger partial charge in [0, 0.05) is 5.54 Å². The SMILES string of the molecule is CC1(N)CCCCC1(N)N. The van der Waals surface area contributed by atoms with E-state index in [0.717, 1.165) is 25.7 Å². The third-order valence-electron chi connectivity index (χ3n) is 2.60. The van der Waals surface area contributed by atoms with Crippen LogP contribution in [0.5, 0.6) is 0 Å².